The first-order valence-electron chi connectivity index (χ1n) is 6.80. The number of rotatable bonds is 4. The second-order valence-electron chi connectivity index (χ2n) is 5.77. The van der Waals surface area contributed by atoms with Crippen LogP contribution in [0.25, 0.3) is 0 Å². The zero-order valence-electron chi connectivity index (χ0n) is 12.3. The van der Waals surface area contributed by atoms with Gasteiger partial charge in [-0.05, 0) is 23.6 Å². The van der Waals surface area contributed by atoms with Gasteiger partial charge in [-0.2, -0.15) is 0 Å². The summed E-state index contributed by atoms with van der Waals surface area (Å²) in [5.74, 6) is 0.517. The van der Waals surface area contributed by atoms with Crippen molar-refractivity contribution in [1.82, 2.24) is 9.21 Å². The lowest BCUT2D eigenvalue weighted by molar-refractivity contribution is 0.319. The Morgan fingerprint density at radius 1 is 1.25 bits per heavy atom. The molecule has 2 N–H and O–H groups in total. The van der Waals surface area contributed by atoms with E-state index < -0.39 is 10.0 Å². The molecule has 112 valence electrons. The van der Waals surface area contributed by atoms with Gasteiger partial charge in [0, 0.05) is 39.8 Å². The number of nitrogens with zero attached hydrogens (tertiary/aromatic N) is 2. The molecule has 20 heavy (non-hydrogen) atoms. The summed E-state index contributed by atoms with van der Waals surface area (Å²) in [5, 5.41) is 0. The summed E-state index contributed by atoms with van der Waals surface area (Å²) in [5.41, 5.74) is 7.13. The van der Waals surface area contributed by atoms with E-state index in [1.807, 2.05) is 12.1 Å². The van der Waals surface area contributed by atoms with Gasteiger partial charge in [0.1, 0.15) is 0 Å². The van der Waals surface area contributed by atoms with Crippen LogP contribution in [0.15, 0.2) is 29.2 Å². The van der Waals surface area contributed by atoms with Crippen molar-refractivity contribution in [2.45, 2.75) is 24.4 Å². The molecule has 0 aromatic heterocycles. The van der Waals surface area contributed by atoms with Gasteiger partial charge in [0.25, 0.3) is 0 Å². The SMILES string of the molecule is CC1CN(Cc2ccc(S(=O)(=O)N(C)C)cc2)CC1N. The number of benzene rings is 1. The van der Waals surface area contributed by atoms with E-state index in [2.05, 4.69) is 11.8 Å². The Morgan fingerprint density at radius 3 is 2.30 bits per heavy atom. The molecule has 1 heterocycles. The zero-order chi connectivity index (χ0) is 14.9. The van der Waals surface area contributed by atoms with E-state index in [0.717, 1.165) is 25.2 Å². The Hall–Kier alpha value is -0.950. The highest BCUT2D eigenvalue weighted by molar-refractivity contribution is 7.89. The van der Waals surface area contributed by atoms with Crippen molar-refractivity contribution in [3.8, 4) is 0 Å². The summed E-state index contributed by atoms with van der Waals surface area (Å²) >= 11 is 0. The minimum absolute atomic E-state index is 0.239. The van der Waals surface area contributed by atoms with Crippen LogP contribution in [0, 0.1) is 5.92 Å². The molecule has 0 aliphatic carbocycles. The third-order valence-electron chi connectivity index (χ3n) is 3.85. The van der Waals surface area contributed by atoms with Gasteiger partial charge in [0.2, 0.25) is 10.0 Å². The summed E-state index contributed by atoms with van der Waals surface area (Å²) in [6.45, 7) is 4.88. The molecule has 0 radical (unpaired) electrons. The van der Waals surface area contributed by atoms with Crippen LogP contribution >= 0.6 is 0 Å². The molecule has 5 nitrogen and oxygen atoms in total. The Labute approximate surface area is 121 Å². The van der Waals surface area contributed by atoms with Crippen molar-refractivity contribution in [2.24, 2.45) is 11.7 Å². The lowest BCUT2D eigenvalue weighted by Crippen LogP contribution is -2.28. The molecule has 0 amide bonds. The molecule has 1 aromatic carbocycles. The Morgan fingerprint density at radius 2 is 1.85 bits per heavy atom. The topological polar surface area (TPSA) is 66.6 Å². The van der Waals surface area contributed by atoms with Crippen LogP contribution < -0.4 is 5.73 Å². The minimum Gasteiger partial charge on any atom is -0.326 e. The van der Waals surface area contributed by atoms with Gasteiger partial charge in [-0.25, -0.2) is 12.7 Å². The van der Waals surface area contributed by atoms with Crippen LogP contribution in [-0.2, 0) is 16.6 Å². The third kappa shape index (κ3) is 3.20. The molecular formula is C14H23N3O2S. The molecule has 1 saturated heterocycles. The lowest BCUT2D eigenvalue weighted by Gasteiger charge is -2.16. The van der Waals surface area contributed by atoms with Crippen LogP contribution in [-0.4, -0.2) is 50.8 Å². The predicted molar refractivity (Wildman–Crippen MR) is 79.7 cm³/mol. The van der Waals surface area contributed by atoms with Crippen LogP contribution in [0.5, 0.6) is 0 Å². The molecule has 0 spiro atoms. The van der Waals surface area contributed by atoms with E-state index in [1.165, 1.54) is 18.4 Å². The zero-order valence-corrected chi connectivity index (χ0v) is 13.1. The maximum Gasteiger partial charge on any atom is 0.242 e. The lowest BCUT2D eigenvalue weighted by atomic mass is 10.1. The third-order valence-corrected chi connectivity index (χ3v) is 5.68. The van der Waals surface area contributed by atoms with Crippen molar-refractivity contribution in [3.63, 3.8) is 0 Å². The average Bonchev–Trinajstić information content (AvgIpc) is 2.68. The van der Waals surface area contributed by atoms with Gasteiger partial charge in [-0.3, -0.25) is 4.90 Å². The van der Waals surface area contributed by atoms with Crippen LogP contribution in [0.3, 0.4) is 0 Å². The predicted octanol–water partition coefficient (Wildman–Crippen LogP) is 0.716. The number of likely N-dealkylation sites (tertiary alicyclic amines) is 1. The number of nitrogens with two attached hydrogens (primary N) is 1. The van der Waals surface area contributed by atoms with Crippen molar-refractivity contribution in [2.75, 3.05) is 27.2 Å². The molecule has 1 aliphatic heterocycles. The number of hydrogen-bond acceptors (Lipinski definition) is 4. The summed E-state index contributed by atoms with van der Waals surface area (Å²) in [4.78, 5) is 2.64. The fourth-order valence-electron chi connectivity index (χ4n) is 2.46. The monoisotopic (exact) mass is 297 g/mol. The highest BCUT2D eigenvalue weighted by atomic mass is 32.2. The molecule has 6 heteroatoms. The van der Waals surface area contributed by atoms with E-state index in [1.54, 1.807) is 12.1 Å². The van der Waals surface area contributed by atoms with Crippen molar-refractivity contribution < 1.29 is 8.42 Å². The maximum atomic E-state index is 12.0. The average molecular weight is 297 g/mol. The van der Waals surface area contributed by atoms with Gasteiger partial charge in [-0.15, -0.1) is 0 Å². The second kappa shape index (κ2) is 5.81. The maximum absolute atomic E-state index is 12.0. The van der Waals surface area contributed by atoms with Crippen LogP contribution in [0.1, 0.15) is 12.5 Å². The summed E-state index contributed by atoms with van der Waals surface area (Å²) < 4.78 is 25.2. The van der Waals surface area contributed by atoms with Gasteiger partial charge < -0.3 is 5.73 Å². The molecular weight excluding hydrogens is 274 g/mol. The molecule has 1 fully saturated rings. The number of sulfonamides is 1. The first kappa shape index (κ1) is 15.4. The number of hydrogen-bond donors (Lipinski definition) is 1. The molecule has 2 rings (SSSR count). The van der Waals surface area contributed by atoms with Crippen LogP contribution in [0.4, 0.5) is 0 Å². The van der Waals surface area contributed by atoms with Gasteiger partial charge >= 0.3 is 0 Å². The highest BCUT2D eigenvalue weighted by Crippen LogP contribution is 2.19. The first-order chi connectivity index (χ1) is 9.30. The molecule has 0 saturated carbocycles. The highest BCUT2D eigenvalue weighted by Gasteiger charge is 2.26. The Balaban J connectivity index is 2.06. The second-order valence-corrected chi connectivity index (χ2v) is 7.92. The van der Waals surface area contributed by atoms with E-state index in [-0.39, 0.29) is 6.04 Å². The van der Waals surface area contributed by atoms with E-state index in [9.17, 15) is 8.42 Å². The summed E-state index contributed by atoms with van der Waals surface area (Å²) in [6.07, 6.45) is 0. The molecule has 2 atom stereocenters. The summed E-state index contributed by atoms with van der Waals surface area (Å²) in [6, 6.07) is 7.34. The fraction of sp³-hybridized carbons (Fsp3) is 0.571. The summed E-state index contributed by atoms with van der Waals surface area (Å²) in [7, 11) is -0.263. The van der Waals surface area contributed by atoms with Crippen molar-refractivity contribution in [1.29, 1.82) is 0 Å². The van der Waals surface area contributed by atoms with Crippen molar-refractivity contribution >= 4 is 10.0 Å². The van der Waals surface area contributed by atoms with E-state index >= 15 is 0 Å². The van der Waals surface area contributed by atoms with Crippen molar-refractivity contribution in [3.05, 3.63) is 29.8 Å². The Kier molecular flexibility index (Phi) is 4.49. The van der Waals surface area contributed by atoms with E-state index in [0.29, 0.717) is 10.8 Å². The first-order valence-corrected chi connectivity index (χ1v) is 8.24. The molecule has 2 unspecified atom stereocenters. The van der Waals surface area contributed by atoms with Gasteiger partial charge in [0.05, 0.1) is 4.90 Å². The van der Waals surface area contributed by atoms with Crippen LogP contribution in [0.2, 0.25) is 0 Å². The smallest absolute Gasteiger partial charge is 0.242 e. The largest absolute Gasteiger partial charge is 0.326 e. The minimum atomic E-state index is -3.34. The molecule has 0 bridgehead atoms. The molecule has 1 aromatic rings. The van der Waals surface area contributed by atoms with Gasteiger partial charge in [0.15, 0.2) is 0 Å². The van der Waals surface area contributed by atoms with E-state index in [4.69, 9.17) is 5.73 Å². The van der Waals surface area contributed by atoms with Gasteiger partial charge in [-0.1, -0.05) is 19.1 Å². The fourth-order valence-corrected chi connectivity index (χ4v) is 3.36. The quantitative estimate of drug-likeness (QED) is 0.889. The standard InChI is InChI=1S/C14H23N3O2S/c1-11-8-17(10-14(11)15)9-12-4-6-13(7-5-12)20(18,19)16(2)3/h4-7,11,14H,8-10,15H2,1-3H3. The Bertz CT molecular complexity index is 544. The molecule has 1 aliphatic rings. The normalized spacial score (nSPS) is 24.4.